The smallest absolute Gasteiger partial charge is 0.0558 e. The maximum absolute atomic E-state index is 9.31. The number of hydrogen-bond acceptors (Lipinski definition) is 3. The molecule has 1 atom stereocenters. The van der Waals surface area contributed by atoms with Crippen LogP contribution in [0.1, 0.15) is 37.3 Å². The summed E-state index contributed by atoms with van der Waals surface area (Å²) in [5.41, 5.74) is 7.24. The molecule has 0 saturated heterocycles. The van der Waals surface area contributed by atoms with Gasteiger partial charge >= 0.3 is 0 Å². The van der Waals surface area contributed by atoms with Gasteiger partial charge in [0.25, 0.3) is 0 Å². The highest BCUT2D eigenvalue weighted by Crippen LogP contribution is 2.30. The average Bonchev–Trinajstić information content (AvgIpc) is 2.93. The maximum atomic E-state index is 9.31. The van der Waals surface area contributed by atoms with Gasteiger partial charge in [-0.2, -0.15) is 0 Å². The number of aliphatic hydroxyl groups is 1. The third-order valence-corrected chi connectivity index (χ3v) is 3.96. The summed E-state index contributed by atoms with van der Waals surface area (Å²) in [7, 11) is 0. The van der Waals surface area contributed by atoms with Crippen LogP contribution in [0, 0.1) is 0 Å². The van der Waals surface area contributed by atoms with Crippen LogP contribution in [0.15, 0.2) is 30.3 Å². The van der Waals surface area contributed by atoms with Crippen molar-refractivity contribution < 1.29 is 5.11 Å². The second-order valence-electron chi connectivity index (χ2n) is 5.06. The SMILES string of the molecule is NCC(c1ccccc1)N(CCO)C1CCCC1. The van der Waals surface area contributed by atoms with E-state index in [9.17, 15) is 5.11 Å². The monoisotopic (exact) mass is 248 g/mol. The van der Waals surface area contributed by atoms with E-state index in [1.54, 1.807) is 0 Å². The van der Waals surface area contributed by atoms with Crippen LogP contribution in [0.3, 0.4) is 0 Å². The quantitative estimate of drug-likeness (QED) is 0.808. The van der Waals surface area contributed by atoms with Crippen LogP contribution in [0.2, 0.25) is 0 Å². The molecular formula is C15H24N2O. The minimum Gasteiger partial charge on any atom is -0.395 e. The van der Waals surface area contributed by atoms with Crippen molar-refractivity contribution in [2.45, 2.75) is 37.8 Å². The topological polar surface area (TPSA) is 49.5 Å². The first-order valence-corrected chi connectivity index (χ1v) is 6.98. The third kappa shape index (κ3) is 3.10. The standard InChI is InChI=1S/C15H24N2O/c16-12-15(13-6-2-1-3-7-13)17(10-11-18)14-8-4-5-9-14/h1-3,6-7,14-15,18H,4-5,8-12,16H2. The summed E-state index contributed by atoms with van der Waals surface area (Å²) in [4.78, 5) is 2.41. The average molecular weight is 248 g/mol. The van der Waals surface area contributed by atoms with Crippen LogP contribution in [0.4, 0.5) is 0 Å². The number of benzene rings is 1. The second kappa shape index (κ2) is 6.88. The summed E-state index contributed by atoms with van der Waals surface area (Å²) >= 11 is 0. The predicted octanol–water partition coefficient (Wildman–Crippen LogP) is 1.92. The molecule has 1 unspecified atom stereocenters. The molecule has 0 bridgehead atoms. The number of nitrogens with two attached hydrogens (primary N) is 1. The minimum atomic E-state index is 0.208. The molecule has 1 aromatic rings. The summed E-state index contributed by atoms with van der Waals surface area (Å²) in [6, 6.07) is 11.2. The molecule has 3 nitrogen and oxygen atoms in total. The Morgan fingerprint density at radius 1 is 1.22 bits per heavy atom. The van der Waals surface area contributed by atoms with E-state index in [0.29, 0.717) is 12.6 Å². The van der Waals surface area contributed by atoms with Crippen molar-refractivity contribution in [3.05, 3.63) is 35.9 Å². The van der Waals surface area contributed by atoms with Gasteiger partial charge in [0.15, 0.2) is 0 Å². The number of rotatable bonds is 6. The Morgan fingerprint density at radius 3 is 2.44 bits per heavy atom. The fourth-order valence-electron chi connectivity index (χ4n) is 3.08. The van der Waals surface area contributed by atoms with Crippen molar-refractivity contribution in [2.75, 3.05) is 19.7 Å². The highest BCUT2D eigenvalue weighted by atomic mass is 16.3. The van der Waals surface area contributed by atoms with E-state index in [2.05, 4.69) is 29.2 Å². The number of nitrogens with zero attached hydrogens (tertiary/aromatic N) is 1. The van der Waals surface area contributed by atoms with E-state index in [1.165, 1.54) is 31.2 Å². The van der Waals surface area contributed by atoms with Gasteiger partial charge in [-0.25, -0.2) is 0 Å². The van der Waals surface area contributed by atoms with E-state index in [0.717, 1.165) is 6.54 Å². The molecule has 0 spiro atoms. The van der Waals surface area contributed by atoms with Gasteiger partial charge < -0.3 is 10.8 Å². The molecule has 1 aliphatic carbocycles. The predicted molar refractivity (Wildman–Crippen MR) is 74.3 cm³/mol. The summed E-state index contributed by atoms with van der Waals surface area (Å²) in [5, 5.41) is 9.31. The molecule has 1 fully saturated rings. The first-order chi connectivity index (χ1) is 8.86. The molecule has 1 aliphatic rings. The maximum Gasteiger partial charge on any atom is 0.0558 e. The highest BCUT2D eigenvalue weighted by Gasteiger charge is 2.28. The van der Waals surface area contributed by atoms with Crippen LogP contribution in [0.5, 0.6) is 0 Å². The number of hydrogen-bond donors (Lipinski definition) is 2. The zero-order chi connectivity index (χ0) is 12.8. The first-order valence-electron chi connectivity index (χ1n) is 6.98. The van der Waals surface area contributed by atoms with E-state index in [-0.39, 0.29) is 12.6 Å². The normalized spacial score (nSPS) is 18.4. The minimum absolute atomic E-state index is 0.208. The number of aliphatic hydroxyl groups excluding tert-OH is 1. The van der Waals surface area contributed by atoms with E-state index >= 15 is 0 Å². The zero-order valence-electron chi connectivity index (χ0n) is 11.0. The molecule has 1 aromatic carbocycles. The Hall–Kier alpha value is -0.900. The van der Waals surface area contributed by atoms with Crippen LogP contribution in [-0.2, 0) is 0 Å². The molecule has 1 saturated carbocycles. The molecule has 0 amide bonds. The van der Waals surface area contributed by atoms with Gasteiger partial charge in [-0.15, -0.1) is 0 Å². The van der Waals surface area contributed by atoms with Crippen LogP contribution in [-0.4, -0.2) is 35.7 Å². The summed E-state index contributed by atoms with van der Waals surface area (Å²) < 4.78 is 0. The molecular weight excluding hydrogens is 224 g/mol. The van der Waals surface area contributed by atoms with Crippen LogP contribution >= 0.6 is 0 Å². The molecule has 3 N–H and O–H groups in total. The van der Waals surface area contributed by atoms with Crippen molar-refractivity contribution in [1.82, 2.24) is 4.90 Å². The lowest BCUT2D eigenvalue weighted by Gasteiger charge is -2.35. The van der Waals surface area contributed by atoms with Gasteiger partial charge in [-0.3, -0.25) is 4.90 Å². The summed E-state index contributed by atoms with van der Waals surface area (Å²) in [6.07, 6.45) is 5.09. The molecule has 0 radical (unpaired) electrons. The van der Waals surface area contributed by atoms with Gasteiger partial charge in [-0.1, -0.05) is 43.2 Å². The molecule has 0 aromatic heterocycles. The second-order valence-corrected chi connectivity index (χ2v) is 5.06. The van der Waals surface area contributed by atoms with Crippen LogP contribution < -0.4 is 5.73 Å². The largest absolute Gasteiger partial charge is 0.395 e. The van der Waals surface area contributed by atoms with Gasteiger partial charge in [0.05, 0.1) is 6.61 Å². The van der Waals surface area contributed by atoms with Crippen LogP contribution in [0.25, 0.3) is 0 Å². The molecule has 0 aliphatic heterocycles. The molecule has 100 valence electrons. The van der Waals surface area contributed by atoms with Crippen molar-refractivity contribution in [3.63, 3.8) is 0 Å². The molecule has 2 rings (SSSR count). The van der Waals surface area contributed by atoms with Crippen molar-refractivity contribution in [1.29, 1.82) is 0 Å². The zero-order valence-corrected chi connectivity index (χ0v) is 11.0. The molecule has 0 heterocycles. The molecule has 3 heteroatoms. The Labute approximate surface area is 110 Å². The summed E-state index contributed by atoms with van der Waals surface area (Å²) in [6.45, 7) is 1.54. The highest BCUT2D eigenvalue weighted by molar-refractivity contribution is 5.19. The lowest BCUT2D eigenvalue weighted by molar-refractivity contribution is 0.107. The Morgan fingerprint density at radius 2 is 1.89 bits per heavy atom. The lowest BCUT2D eigenvalue weighted by Crippen LogP contribution is -2.41. The van der Waals surface area contributed by atoms with E-state index < -0.39 is 0 Å². The Bertz CT molecular complexity index is 336. The fraction of sp³-hybridized carbons (Fsp3) is 0.600. The van der Waals surface area contributed by atoms with E-state index in [1.807, 2.05) is 6.07 Å². The van der Waals surface area contributed by atoms with E-state index in [4.69, 9.17) is 5.73 Å². The first kappa shape index (κ1) is 13.5. The van der Waals surface area contributed by atoms with Gasteiger partial charge in [0.1, 0.15) is 0 Å². The summed E-state index contributed by atoms with van der Waals surface area (Å²) in [5.74, 6) is 0. The van der Waals surface area contributed by atoms with Crippen molar-refractivity contribution in [2.24, 2.45) is 5.73 Å². The van der Waals surface area contributed by atoms with Gasteiger partial charge in [-0.05, 0) is 18.4 Å². The van der Waals surface area contributed by atoms with Gasteiger partial charge in [0, 0.05) is 25.2 Å². The van der Waals surface area contributed by atoms with Crippen molar-refractivity contribution >= 4 is 0 Å². The Balaban J connectivity index is 2.16. The van der Waals surface area contributed by atoms with Gasteiger partial charge in [0.2, 0.25) is 0 Å². The Kier molecular flexibility index (Phi) is 5.17. The third-order valence-electron chi connectivity index (χ3n) is 3.96. The van der Waals surface area contributed by atoms with Crippen molar-refractivity contribution in [3.8, 4) is 0 Å². The lowest BCUT2D eigenvalue weighted by atomic mass is 10.0. The fourth-order valence-corrected chi connectivity index (χ4v) is 3.08. The molecule has 18 heavy (non-hydrogen) atoms.